The minimum Gasteiger partial charge on any atom is -0.497 e. The lowest BCUT2D eigenvalue weighted by Crippen LogP contribution is -2.19. The van der Waals surface area contributed by atoms with Crippen molar-refractivity contribution in [3.05, 3.63) is 47.3 Å². The lowest BCUT2D eigenvalue weighted by Gasteiger charge is -2.09. The highest BCUT2D eigenvalue weighted by Gasteiger charge is 2.09. The Bertz CT molecular complexity index is 629. The molecular weight excluding hydrogens is 252 g/mol. The first kappa shape index (κ1) is 14.2. The van der Waals surface area contributed by atoms with Crippen LogP contribution in [0.2, 0.25) is 0 Å². The predicted molar refractivity (Wildman–Crippen MR) is 80.3 cm³/mol. The first-order chi connectivity index (χ1) is 9.51. The van der Waals surface area contributed by atoms with E-state index in [-0.39, 0.29) is 5.91 Å². The molecule has 0 aliphatic heterocycles. The Hall–Kier alpha value is -2.23. The summed E-state index contributed by atoms with van der Waals surface area (Å²) in [6, 6.07) is 7.35. The molecule has 20 heavy (non-hydrogen) atoms. The normalized spacial score (nSPS) is 10.4. The van der Waals surface area contributed by atoms with Crippen LogP contribution in [0.1, 0.15) is 16.8 Å². The second-order valence-corrected chi connectivity index (χ2v) is 4.93. The van der Waals surface area contributed by atoms with Gasteiger partial charge in [0.2, 0.25) is 5.91 Å². The highest BCUT2D eigenvalue weighted by molar-refractivity contribution is 5.90. The number of carbonyl (C=O) groups excluding carboxylic acids is 1. The van der Waals surface area contributed by atoms with Crippen LogP contribution in [-0.4, -0.2) is 17.6 Å². The van der Waals surface area contributed by atoms with E-state index >= 15 is 0 Å². The molecule has 0 saturated heterocycles. The number of nitrogens with zero attached hydrogens (tertiary/aromatic N) is 1. The van der Waals surface area contributed by atoms with Gasteiger partial charge in [0.05, 0.1) is 7.11 Å². The molecule has 2 aromatic rings. The average molecular weight is 272 g/mol. The van der Waals surface area contributed by atoms with Gasteiger partial charge in [0.1, 0.15) is 12.3 Å². The van der Waals surface area contributed by atoms with Crippen LogP contribution in [0.5, 0.6) is 5.75 Å². The van der Waals surface area contributed by atoms with Gasteiger partial charge in [-0.15, -0.1) is 0 Å². The first-order valence-corrected chi connectivity index (χ1v) is 6.58. The molecule has 0 atom stereocenters. The van der Waals surface area contributed by atoms with Gasteiger partial charge in [-0.3, -0.25) is 4.79 Å². The van der Waals surface area contributed by atoms with E-state index in [4.69, 9.17) is 4.74 Å². The number of nitrogens with one attached hydrogen (secondary N) is 1. The van der Waals surface area contributed by atoms with Crippen molar-refractivity contribution in [3.8, 4) is 5.75 Å². The second kappa shape index (κ2) is 5.82. The molecule has 0 aliphatic rings. The lowest BCUT2D eigenvalue weighted by atomic mass is 10.2. The minimum atomic E-state index is -0.0450. The molecule has 0 fully saturated rings. The molecule has 1 amide bonds. The highest BCUT2D eigenvalue weighted by Crippen LogP contribution is 2.17. The van der Waals surface area contributed by atoms with E-state index in [1.54, 1.807) is 13.2 Å². The van der Waals surface area contributed by atoms with Crippen molar-refractivity contribution in [1.29, 1.82) is 0 Å². The van der Waals surface area contributed by atoms with Crippen LogP contribution in [-0.2, 0) is 11.3 Å². The van der Waals surface area contributed by atoms with Crippen LogP contribution in [0.15, 0.2) is 30.5 Å². The van der Waals surface area contributed by atoms with Crippen LogP contribution >= 0.6 is 0 Å². The fourth-order valence-corrected chi connectivity index (χ4v) is 2.15. The Morgan fingerprint density at radius 2 is 2.05 bits per heavy atom. The number of carbonyl (C=O) groups is 1. The van der Waals surface area contributed by atoms with Gasteiger partial charge in [0, 0.05) is 23.6 Å². The SMILES string of the molecule is COc1cccc(NC(=O)Cn2cc(C)c(C)c2C)c1. The number of methoxy groups -OCH3 is 1. The van der Waals surface area contributed by atoms with Gasteiger partial charge in [-0.2, -0.15) is 0 Å². The molecule has 2 rings (SSSR count). The fourth-order valence-electron chi connectivity index (χ4n) is 2.15. The van der Waals surface area contributed by atoms with Gasteiger partial charge >= 0.3 is 0 Å². The Kier molecular flexibility index (Phi) is 4.13. The number of rotatable bonds is 4. The molecule has 1 aromatic carbocycles. The van der Waals surface area contributed by atoms with Crippen LogP contribution < -0.4 is 10.1 Å². The van der Waals surface area contributed by atoms with Crippen molar-refractivity contribution < 1.29 is 9.53 Å². The molecule has 0 unspecified atom stereocenters. The quantitative estimate of drug-likeness (QED) is 0.929. The predicted octanol–water partition coefficient (Wildman–Crippen LogP) is 3.06. The average Bonchev–Trinajstić information content (AvgIpc) is 2.66. The molecule has 4 heteroatoms. The van der Waals surface area contributed by atoms with E-state index in [1.807, 2.05) is 35.9 Å². The third kappa shape index (κ3) is 3.02. The highest BCUT2D eigenvalue weighted by atomic mass is 16.5. The number of hydrogen-bond acceptors (Lipinski definition) is 2. The van der Waals surface area contributed by atoms with Gasteiger partial charge in [0.15, 0.2) is 0 Å². The molecule has 0 saturated carbocycles. The van der Waals surface area contributed by atoms with Crippen molar-refractivity contribution in [1.82, 2.24) is 4.57 Å². The van der Waals surface area contributed by atoms with Gasteiger partial charge < -0.3 is 14.6 Å². The summed E-state index contributed by atoms with van der Waals surface area (Å²) in [5.74, 6) is 0.683. The van der Waals surface area contributed by atoms with E-state index in [9.17, 15) is 4.79 Å². The maximum atomic E-state index is 12.1. The summed E-state index contributed by atoms with van der Waals surface area (Å²) >= 11 is 0. The molecule has 0 bridgehead atoms. The molecule has 1 heterocycles. The van der Waals surface area contributed by atoms with Crippen LogP contribution in [0.4, 0.5) is 5.69 Å². The van der Waals surface area contributed by atoms with Crippen molar-refractivity contribution in [2.75, 3.05) is 12.4 Å². The van der Waals surface area contributed by atoms with Gasteiger partial charge in [-0.25, -0.2) is 0 Å². The molecule has 1 aromatic heterocycles. The van der Waals surface area contributed by atoms with Crippen molar-refractivity contribution in [2.45, 2.75) is 27.3 Å². The van der Waals surface area contributed by atoms with Crippen molar-refractivity contribution >= 4 is 11.6 Å². The molecule has 0 spiro atoms. The molecule has 0 radical (unpaired) electrons. The Morgan fingerprint density at radius 1 is 1.30 bits per heavy atom. The van der Waals surface area contributed by atoms with Crippen LogP contribution in [0, 0.1) is 20.8 Å². The summed E-state index contributed by atoms with van der Waals surface area (Å²) in [6.45, 7) is 6.47. The fraction of sp³-hybridized carbons (Fsp3) is 0.312. The molecular formula is C16H20N2O2. The Labute approximate surface area is 119 Å². The maximum Gasteiger partial charge on any atom is 0.244 e. The molecule has 106 valence electrons. The standard InChI is InChI=1S/C16H20N2O2/c1-11-9-18(13(3)12(11)2)10-16(19)17-14-6-5-7-15(8-14)20-4/h5-9H,10H2,1-4H3,(H,17,19). The smallest absolute Gasteiger partial charge is 0.244 e. The second-order valence-electron chi connectivity index (χ2n) is 4.93. The first-order valence-electron chi connectivity index (χ1n) is 6.58. The van der Waals surface area contributed by atoms with Gasteiger partial charge in [-0.1, -0.05) is 6.07 Å². The number of ether oxygens (including phenoxy) is 1. The minimum absolute atomic E-state index is 0.0450. The maximum absolute atomic E-state index is 12.1. The number of aromatic nitrogens is 1. The van der Waals surface area contributed by atoms with E-state index in [1.165, 1.54) is 11.1 Å². The van der Waals surface area contributed by atoms with Crippen LogP contribution in [0.25, 0.3) is 0 Å². The Balaban J connectivity index is 2.07. The van der Waals surface area contributed by atoms with Gasteiger partial charge in [0.25, 0.3) is 0 Å². The summed E-state index contributed by atoms with van der Waals surface area (Å²) in [5.41, 5.74) is 4.31. The number of aryl methyl sites for hydroxylation is 1. The summed E-state index contributed by atoms with van der Waals surface area (Å²) in [7, 11) is 1.61. The Morgan fingerprint density at radius 3 is 2.65 bits per heavy atom. The summed E-state index contributed by atoms with van der Waals surface area (Å²) < 4.78 is 7.11. The van der Waals surface area contributed by atoms with Crippen molar-refractivity contribution in [2.24, 2.45) is 0 Å². The zero-order valence-electron chi connectivity index (χ0n) is 12.4. The largest absolute Gasteiger partial charge is 0.497 e. The molecule has 0 aliphatic carbocycles. The summed E-state index contributed by atoms with van der Waals surface area (Å²) in [5, 5.41) is 2.88. The van der Waals surface area contributed by atoms with Gasteiger partial charge in [-0.05, 0) is 44.0 Å². The van der Waals surface area contributed by atoms with E-state index < -0.39 is 0 Å². The van der Waals surface area contributed by atoms with E-state index in [0.717, 1.165) is 17.1 Å². The number of anilines is 1. The summed E-state index contributed by atoms with van der Waals surface area (Å²) in [6.07, 6.45) is 2.01. The number of benzene rings is 1. The monoisotopic (exact) mass is 272 g/mol. The zero-order valence-corrected chi connectivity index (χ0v) is 12.4. The van der Waals surface area contributed by atoms with E-state index in [0.29, 0.717) is 6.54 Å². The van der Waals surface area contributed by atoms with Crippen molar-refractivity contribution in [3.63, 3.8) is 0 Å². The summed E-state index contributed by atoms with van der Waals surface area (Å²) in [4.78, 5) is 12.1. The number of amides is 1. The van der Waals surface area contributed by atoms with E-state index in [2.05, 4.69) is 19.2 Å². The molecule has 1 N–H and O–H groups in total. The van der Waals surface area contributed by atoms with Crippen LogP contribution in [0.3, 0.4) is 0 Å². The topological polar surface area (TPSA) is 43.3 Å². The lowest BCUT2D eigenvalue weighted by molar-refractivity contribution is -0.116. The number of hydrogen-bond donors (Lipinski definition) is 1. The molecule has 4 nitrogen and oxygen atoms in total. The third-order valence-electron chi connectivity index (χ3n) is 3.58. The zero-order chi connectivity index (χ0) is 14.7. The third-order valence-corrected chi connectivity index (χ3v) is 3.58.